The van der Waals surface area contributed by atoms with E-state index in [4.69, 9.17) is 8.92 Å². The van der Waals surface area contributed by atoms with Crippen molar-refractivity contribution in [2.75, 3.05) is 19.4 Å². The number of amides is 1. The Morgan fingerprint density at radius 1 is 1.30 bits per heavy atom. The van der Waals surface area contributed by atoms with Crippen molar-refractivity contribution in [1.82, 2.24) is 4.90 Å². The number of benzene rings is 1. The minimum absolute atomic E-state index is 0.0596. The van der Waals surface area contributed by atoms with Gasteiger partial charge in [-0.15, -0.1) is 11.3 Å². The highest BCUT2D eigenvalue weighted by Crippen LogP contribution is 2.19. The van der Waals surface area contributed by atoms with Crippen molar-refractivity contribution in [2.24, 2.45) is 0 Å². The minimum Gasteiger partial charge on any atom is -0.383 e. The molecule has 1 saturated heterocycles. The third-order valence-corrected chi connectivity index (χ3v) is 5.62. The van der Waals surface area contributed by atoms with Gasteiger partial charge in [0.05, 0.1) is 18.8 Å². The van der Waals surface area contributed by atoms with Crippen LogP contribution in [0.3, 0.4) is 0 Å². The van der Waals surface area contributed by atoms with Gasteiger partial charge >= 0.3 is 10.1 Å². The highest BCUT2D eigenvalue weighted by molar-refractivity contribution is 7.86. The number of rotatable bonds is 8. The van der Waals surface area contributed by atoms with E-state index in [9.17, 15) is 13.2 Å². The first kappa shape index (κ1) is 19.9. The molecule has 0 aliphatic carbocycles. The number of hydrogen-bond donors (Lipinski definition) is 0. The van der Waals surface area contributed by atoms with Gasteiger partial charge in [0.25, 0.3) is 0 Å². The summed E-state index contributed by atoms with van der Waals surface area (Å²) in [6, 6.07) is 10.7. The predicted octanol–water partition coefficient (Wildman–Crippen LogP) is 2.84. The van der Waals surface area contributed by atoms with Crippen LogP contribution < -0.4 is 4.18 Å². The van der Waals surface area contributed by atoms with Crippen molar-refractivity contribution >= 4 is 27.4 Å². The minimum atomic E-state index is -3.55. The maximum Gasteiger partial charge on any atom is 0.306 e. The molecule has 1 aliphatic rings. The quantitative estimate of drug-likeness (QED) is 0.627. The summed E-state index contributed by atoms with van der Waals surface area (Å²) in [5.74, 6) is 0.321. The lowest BCUT2D eigenvalue weighted by atomic mass is 10.1. The van der Waals surface area contributed by atoms with Crippen LogP contribution in [0.5, 0.6) is 5.75 Å². The van der Waals surface area contributed by atoms with Gasteiger partial charge in [-0.2, -0.15) is 8.42 Å². The summed E-state index contributed by atoms with van der Waals surface area (Å²) < 4.78 is 33.0. The van der Waals surface area contributed by atoms with E-state index >= 15 is 0 Å². The molecule has 1 unspecified atom stereocenters. The Morgan fingerprint density at radius 3 is 2.67 bits per heavy atom. The molecule has 1 amide bonds. The van der Waals surface area contributed by atoms with Gasteiger partial charge in [0.15, 0.2) is 0 Å². The Kier molecular flexibility index (Phi) is 6.51. The lowest BCUT2D eigenvalue weighted by Crippen LogP contribution is -2.37. The SMILES string of the molecule is CS(=O)(=O)Oc1ccc(CN(CC2CCCO2)C(=O)Cc2cccs2)cc1. The van der Waals surface area contributed by atoms with Crippen LogP contribution in [0.25, 0.3) is 0 Å². The zero-order valence-electron chi connectivity index (χ0n) is 15.2. The average Bonchev–Trinajstić information content (AvgIpc) is 3.28. The van der Waals surface area contributed by atoms with Gasteiger partial charge in [0.2, 0.25) is 5.91 Å². The second-order valence-electron chi connectivity index (χ2n) is 6.60. The van der Waals surface area contributed by atoms with Gasteiger partial charge in [0, 0.05) is 24.6 Å². The number of thiophene rings is 1. The Bertz CT molecular complexity index is 841. The molecule has 0 bridgehead atoms. The third-order valence-electron chi connectivity index (χ3n) is 4.25. The Labute approximate surface area is 163 Å². The topological polar surface area (TPSA) is 72.9 Å². The Balaban J connectivity index is 1.68. The summed E-state index contributed by atoms with van der Waals surface area (Å²) in [4.78, 5) is 15.7. The first-order valence-corrected chi connectivity index (χ1v) is 11.5. The molecule has 3 rings (SSSR count). The number of hydrogen-bond acceptors (Lipinski definition) is 6. The normalized spacial score (nSPS) is 17.0. The van der Waals surface area contributed by atoms with Gasteiger partial charge < -0.3 is 13.8 Å². The van der Waals surface area contributed by atoms with Crippen LogP contribution in [0.1, 0.15) is 23.3 Å². The van der Waals surface area contributed by atoms with Crippen LogP contribution in [0.15, 0.2) is 41.8 Å². The molecule has 1 fully saturated rings. The molecule has 0 radical (unpaired) electrons. The zero-order valence-corrected chi connectivity index (χ0v) is 16.8. The van der Waals surface area contributed by atoms with Gasteiger partial charge in [-0.3, -0.25) is 4.79 Å². The second kappa shape index (κ2) is 8.86. The van der Waals surface area contributed by atoms with Crippen LogP contribution in [0.4, 0.5) is 0 Å². The smallest absolute Gasteiger partial charge is 0.306 e. The van der Waals surface area contributed by atoms with Gasteiger partial charge in [-0.1, -0.05) is 18.2 Å². The molecule has 1 aliphatic heterocycles. The highest BCUT2D eigenvalue weighted by atomic mass is 32.2. The van der Waals surface area contributed by atoms with Crippen LogP contribution in [-0.4, -0.2) is 44.7 Å². The van der Waals surface area contributed by atoms with E-state index in [0.717, 1.165) is 36.1 Å². The van der Waals surface area contributed by atoms with E-state index in [-0.39, 0.29) is 17.8 Å². The lowest BCUT2D eigenvalue weighted by molar-refractivity contribution is -0.132. The fraction of sp³-hybridized carbons (Fsp3) is 0.421. The molecule has 27 heavy (non-hydrogen) atoms. The molecule has 6 nitrogen and oxygen atoms in total. The molecule has 1 aromatic heterocycles. The van der Waals surface area contributed by atoms with E-state index < -0.39 is 10.1 Å². The average molecular weight is 410 g/mol. The summed E-state index contributed by atoms with van der Waals surface area (Å²) in [7, 11) is -3.55. The molecule has 0 saturated carbocycles. The van der Waals surface area contributed by atoms with E-state index in [1.807, 2.05) is 22.4 Å². The molecule has 1 aromatic carbocycles. The van der Waals surface area contributed by atoms with Crippen LogP contribution in [0, 0.1) is 0 Å². The van der Waals surface area contributed by atoms with Gasteiger partial charge in [-0.25, -0.2) is 0 Å². The summed E-state index contributed by atoms with van der Waals surface area (Å²) in [5.41, 5.74) is 0.911. The molecular formula is C19H23NO5S2. The van der Waals surface area contributed by atoms with Crippen LogP contribution >= 0.6 is 11.3 Å². The Hall–Kier alpha value is -1.90. The van der Waals surface area contributed by atoms with Crippen molar-refractivity contribution in [3.8, 4) is 5.75 Å². The number of ether oxygens (including phenoxy) is 1. The standard InChI is InChI=1S/C19H23NO5S2/c1-27(22,23)25-16-8-6-15(7-9-16)13-20(14-17-4-2-10-24-17)19(21)12-18-5-3-11-26-18/h3,5-9,11,17H,2,4,10,12-14H2,1H3. The molecule has 0 N–H and O–H groups in total. The first-order valence-electron chi connectivity index (χ1n) is 8.79. The number of carbonyl (C=O) groups excluding carboxylic acids is 1. The van der Waals surface area contributed by atoms with Gasteiger partial charge in [-0.05, 0) is 42.0 Å². The fourth-order valence-electron chi connectivity index (χ4n) is 3.01. The van der Waals surface area contributed by atoms with E-state index in [0.29, 0.717) is 19.5 Å². The van der Waals surface area contributed by atoms with E-state index in [2.05, 4.69) is 0 Å². The number of carbonyl (C=O) groups is 1. The van der Waals surface area contributed by atoms with Gasteiger partial charge in [0.1, 0.15) is 5.75 Å². The summed E-state index contributed by atoms with van der Waals surface area (Å²) >= 11 is 1.57. The van der Waals surface area contributed by atoms with E-state index in [1.165, 1.54) is 0 Å². The zero-order chi connectivity index (χ0) is 19.3. The summed E-state index contributed by atoms with van der Waals surface area (Å²) in [6.45, 7) is 1.75. The lowest BCUT2D eigenvalue weighted by Gasteiger charge is -2.25. The van der Waals surface area contributed by atoms with Crippen molar-refractivity contribution < 1.29 is 22.1 Å². The largest absolute Gasteiger partial charge is 0.383 e. The maximum absolute atomic E-state index is 12.8. The summed E-state index contributed by atoms with van der Waals surface area (Å²) in [6.07, 6.45) is 3.44. The van der Waals surface area contributed by atoms with Crippen LogP contribution in [-0.2, 0) is 32.6 Å². The second-order valence-corrected chi connectivity index (χ2v) is 9.20. The molecule has 2 heterocycles. The first-order chi connectivity index (χ1) is 12.9. The molecule has 146 valence electrons. The molecule has 2 aromatic rings. The fourth-order valence-corrected chi connectivity index (χ4v) is 4.16. The number of nitrogens with zero attached hydrogens (tertiary/aromatic N) is 1. The summed E-state index contributed by atoms with van der Waals surface area (Å²) in [5, 5.41) is 1.97. The van der Waals surface area contributed by atoms with Crippen molar-refractivity contribution in [1.29, 1.82) is 0 Å². The monoisotopic (exact) mass is 409 g/mol. The highest BCUT2D eigenvalue weighted by Gasteiger charge is 2.23. The molecule has 0 spiro atoms. The third kappa shape index (κ3) is 6.34. The Morgan fingerprint density at radius 2 is 2.07 bits per heavy atom. The maximum atomic E-state index is 12.8. The van der Waals surface area contributed by atoms with Crippen molar-refractivity contribution in [3.63, 3.8) is 0 Å². The predicted molar refractivity (Wildman–Crippen MR) is 104 cm³/mol. The molecular weight excluding hydrogens is 386 g/mol. The van der Waals surface area contributed by atoms with Crippen molar-refractivity contribution in [2.45, 2.75) is 31.9 Å². The molecule has 1 atom stereocenters. The van der Waals surface area contributed by atoms with Crippen LogP contribution in [0.2, 0.25) is 0 Å². The molecule has 8 heteroatoms. The van der Waals surface area contributed by atoms with Crippen molar-refractivity contribution in [3.05, 3.63) is 52.2 Å². The van der Waals surface area contributed by atoms with E-state index in [1.54, 1.807) is 35.6 Å².